The number of benzene rings is 2. The molecular weight excluding hydrogens is 530 g/mol. The number of aromatic nitrogens is 3. The third-order valence-electron chi connectivity index (χ3n) is 5.42. The van der Waals surface area contributed by atoms with Gasteiger partial charge in [0, 0.05) is 28.0 Å². The van der Waals surface area contributed by atoms with E-state index >= 15 is 0 Å². The van der Waals surface area contributed by atoms with E-state index in [1.807, 2.05) is 102 Å². The lowest BCUT2D eigenvalue weighted by Gasteiger charge is -2.07. The van der Waals surface area contributed by atoms with Crippen LogP contribution in [0.25, 0.3) is 16.9 Å². The zero-order valence-electron chi connectivity index (χ0n) is 18.4. The summed E-state index contributed by atoms with van der Waals surface area (Å²) in [6.07, 6.45) is 1.81. The van der Waals surface area contributed by atoms with Gasteiger partial charge < -0.3 is 0 Å². The lowest BCUT2D eigenvalue weighted by Crippen LogP contribution is -2.19. The SMILES string of the molecule is Cc1c(N=c2scc(-c3ccc(Br)cc3)n2N=Cc2ccsc2)c(=O)n(-c2ccccc2)n1C. The number of hydrogen-bond acceptors (Lipinski definition) is 5. The predicted octanol–water partition coefficient (Wildman–Crippen LogP) is 5.95. The van der Waals surface area contributed by atoms with E-state index in [1.54, 1.807) is 20.7 Å². The molecule has 0 bridgehead atoms. The van der Waals surface area contributed by atoms with Gasteiger partial charge in [0.1, 0.15) is 0 Å². The Morgan fingerprint density at radius 2 is 1.76 bits per heavy atom. The monoisotopic (exact) mass is 549 g/mol. The largest absolute Gasteiger partial charge is 0.297 e. The Hall–Kier alpha value is -3.27. The number of thiazole rings is 1. The van der Waals surface area contributed by atoms with Crippen LogP contribution in [0.3, 0.4) is 0 Å². The normalized spacial score (nSPS) is 12.1. The smallest absolute Gasteiger partial charge is 0.283 e. The summed E-state index contributed by atoms with van der Waals surface area (Å²) in [4.78, 5) is 18.8. The summed E-state index contributed by atoms with van der Waals surface area (Å²) < 4.78 is 6.27. The highest BCUT2D eigenvalue weighted by atomic mass is 79.9. The lowest BCUT2D eigenvalue weighted by molar-refractivity contribution is 0.630. The van der Waals surface area contributed by atoms with Crippen molar-refractivity contribution in [1.29, 1.82) is 0 Å². The van der Waals surface area contributed by atoms with Crippen molar-refractivity contribution < 1.29 is 0 Å². The molecule has 0 radical (unpaired) electrons. The molecule has 0 aliphatic rings. The molecule has 34 heavy (non-hydrogen) atoms. The molecule has 6 nitrogen and oxygen atoms in total. The van der Waals surface area contributed by atoms with Crippen molar-refractivity contribution in [3.05, 3.63) is 108 Å². The van der Waals surface area contributed by atoms with Crippen LogP contribution in [0.15, 0.2) is 96.2 Å². The van der Waals surface area contributed by atoms with E-state index < -0.39 is 0 Å². The van der Waals surface area contributed by atoms with Gasteiger partial charge in [-0.3, -0.25) is 9.48 Å². The summed E-state index contributed by atoms with van der Waals surface area (Å²) in [5.41, 5.74) is 4.73. The Balaban J connectivity index is 1.69. The van der Waals surface area contributed by atoms with E-state index in [9.17, 15) is 4.79 Å². The maximum Gasteiger partial charge on any atom is 0.297 e. The molecule has 3 heterocycles. The van der Waals surface area contributed by atoms with Crippen LogP contribution in [-0.2, 0) is 7.05 Å². The molecule has 2 aromatic carbocycles. The molecule has 0 saturated carbocycles. The van der Waals surface area contributed by atoms with Crippen molar-refractivity contribution in [3.63, 3.8) is 0 Å². The molecule has 170 valence electrons. The highest BCUT2D eigenvalue weighted by Gasteiger charge is 2.16. The fourth-order valence-corrected chi connectivity index (χ4v) is 5.28. The van der Waals surface area contributed by atoms with E-state index in [2.05, 4.69) is 15.9 Å². The van der Waals surface area contributed by atoms with E-state index in [-0.39, 0.29) is 5.56 Å². The minimum absolute atomic E-state index is 0.168. The van der Waals surface area contributed by atoms with Gasteiger partial charge in [-0.1, -0.05) is 46.3 Å². The summed E-state index contributed by atoms with van der Waals surface area (Å²) in [6.45, 7) is 1.90. The standard InChI is InChI=1S/C25H20BrN5OS2/c1-17-23(24(32)31(29(17)2)21-6-4-3-5-7-21)28-25-30(27-14-18-12-13-33-15-18)22(16-34-25)19-8-10-20(26)11-9-19/h3-16H,1-2H3. The first-order chi connectivity index (χ1) is 16.5. The molecule has 0 fully saturated rings. The molecule has 0 saturated heterocycles. The Morgan fingerprint density at radius 1 is 1.00 bits per heavy atom. The van der Waals surface area contributed by atoms with Crippen LogP contribution in [0.5, 0.6) is 0 Å². The quantitative estimate of drug-likeness (QED) is 0.250. The second-order valence-corrected chi connectivity index (χ2v) is 10.1. The topological polar surface area (TPSA) is 56.6 Å². The number of halogens is 1. The third-order valence-corrected chi connectivity index (χ3v) is 7.47. The van der Waals surface area contributed by atoms with Crippen LogP contribution in [0.2, 0.25) is 0 Å². The molecule has 3 aromatic heterocycles. The minimum atomic E-state index is -0.168. The Kier molecular flexibility index (Phi) is 6.32. The Labute approximate surface area is 212 Å². The van der Waals surface area contributed by atoms with Crippen LogP contribution >= 0.6 is 38.6 Å². The molecule has 0 amide bonds. The molecule has 9 heteroatoms. The van der Waals surface area contributed by atoms with Crippen LogP contribution in [-0.4, -0.2) is 20.3 Å². The van der Waals surface area contributed by atoms with Crippen LogP contribution in [0.4, 0.5) is 5.69 Å². The van der Waals surface area contributed by atoms with Gasteiger partial charge >= 0.3 is 0 Å². The fourth-order valence-electron chi connectivity index (χ4n) is 3.56. The van der Waals surface area contributed by atoms with Gasteiger partial charge in [-0.15, -0.1) is 11.3 Å². The summed E-state index contributed by atoms with van der Waals surface area (Å²) in [6, 6.07) is 19.6. The van der Waals surface area contributed by atoms with E-state index in [0.29, 0.717) is 10.5 Å². The zero-order valence-corrected chi connectivity index (χ0v) is 21.6. The molecule has 0 aliphatic carbocycles. The van der Waals surface area contributed by atoms with E-state index in [0.717, 1.165) is 32.7 Å². The highest BCUT2D eigenvalue weighted by molar-refractivity contribution is 9.10. The second-order valence-electron chi connectivity index (χ2n) is 7.55. The molecule has 0 unspecified atom stereocenters. The van der Waals surface area contributed by atoms with E-state index in [4.69, 9.17) is 10.1 Å². The van der Waals surface area contributed by atoms with Crippen LogP contribution in [0, 0.1) is 6.92 Å². The molecule has 5 rings (SSSR count). The summed E-state index contributed by atoms with van der Waals surface area (Å²) in [5, 5.41) is 10.8. The fraction of sp³-hybridized carbons (Fsp3) is 0.0800. The predicted molar refractivity (Wildman–Crippen MR) is 144 cm³/mol. The van der Waals surface area contributed by atoms with Crippen molar-refractivity contribution in [2.75, 3.05) is 0 Å². The van der Waals surface area contributed by atoms with Crippen molar-refractivity contribution in [3.8, 4) is 16.9 Å². The van der Waals surface area contributed by atoms with Crippen LogP contribution in [0.1, 0.15) is 11.3 Å². The number of thiophene rings is 1. The van der Waals surface area contributed by atoms with Crippen LogP contribution < -0.4 is 10.4 Å². The second kappa shape index (κ2) is 9.54. The van der Waals surface area contributed by atoms with Crippen molar-refractivity contribution in [2.45, 2.75) is 6.92 Å². The molecule has 0 aliphatic heterocycles. The average molecular weight is 551 g/mol. The first kappa shape index (κ1) is 22.5. The maximum absolute atomic E-state index is 13.4. The van der Waals surface area contributed by atoms with Gasteiger partial charge in [0.2, 0.25) is 4.80 Å². The van der Waals surface area contributed by atoms with Crippen molar-refractivity contribution in [2.24, 2.45) is 17.1 Å². The van der Waals surface area contributed by atoms with Gasteiger partial charge in [0.25, 0.3) is 5.56 Å². The zero-order chi connectivity index (χ0) is 23.7. The average Bonchev–Trinajstić information content (AvgIpc) is 3.56. The summed E-state index contributed by atoms with van der Waals surface area (Å²) in [5.74, 6) is 0. The van der Waals surface area contributed by atoms with Gasteiger partial charge in [-0.05, 0) is 48.0 Å². The number of nitrogens with zero attached hydrogens (tertiary/aromatic N) is 5. The summed E-state index contributed by atoms with van der Waals surface area (Å²) in [7, 11) is 1.87. The van der Waals surface area contributed by atoms with Gasteiger partial charge in [0.05, 0.1) is 23.3 Å². The minimum Gasteiger partial charge on any atom is -0.283 e. The van der Waals surface area contributed by atoms with Crippen molar-refractivity contribution in [1.82, 2.24) is 14.0 Å². The highest BCUT2D eigenvalue weighted by Crippen LogP contribution is 2.23. The van der Waals surface area contributed by atoms with Gasteiger partial charge in [-0.25, -0.2) is 14.4 Å². The van der Waals surface area contributed by atoms with Gasteiger partial charge in [-0.2, -0.15) is 16.4 Å². The maximum atomic E-state index is 13.4. The first-order valence-corrected chi connectivity index (χ1v) is 13.1. The number of hydrogen-bond donors (Lipinski definition) is 0. The molecule has 0 N–H and O–H groups in total. The molecular formula is C25H20BrN5OS2. The Bertz CT molecular complexity index is 1590. The number of para-hydroxylation sites is 1. The molecule has 5 aromatic rings. The molecule has 0 spiro atoms. The number of rotatable bonds is 5. The first-order valence-electron chi connectivity index (χ1n) is 10.4. The molecule has 0 atom stereocenters. The van der Waals surface area contributed by atoms with Crippen molar-refractivity contribution >= 4 is 50.5 Å². The third kappa shape index (κ3) is 4.29. The Morgan fingerprint density at radius 3 is 2.47 bits per heavy atom. The lowest BCUT2D eigenvalue weighted by atomic mass is 10.2. The summed E-state index contributed by atoms with van der Waals surface area (Å²) >= 11 is 6.57. The van der Waals surface area contributed by atoms with Gasteiger partial charge in [0.15, 0.2) is 5.69 Å². The van der Waals surface area contributed by atoms with E-state index in [1.165, 1.54) is 11.3 Å².